The van der Waals surface area contributed by atoms with E-state index in [1.165, 1.54) is 12.4 Å². The van der Waals surface area contributed by atoms with E-state index in [1.807, 2.05) is 18.2 Å². The smallest absolute Gasteiger partial charge is 0.341 e. The number of ether oxygens (including phenoxy) is 2. The predicted molar refractivity (Wildman–Crippen MR) is 90.1 cm³/mol. The second kappa shape index (κ2) is 6.86. The standard InChI is InChI=1S/C18H21N3O3/c1-3-24-16(22)13-11-19-17(20-12-13)21-18(8-5-9-18)14-6-4-7-15(10-14)23-2/h4,6-7,10-12H,3,5,8-9H2,1-2H3,(H,19,20,21). The molecule has 1 heterocycles. The molecule has 0 aliphatic heterocycles. The van der Waals surface area contributed by atoms with E-state index in [-0.39, 0.29) is 5.54 Å². The summed E-state index contributed by atoms with van der Waals surface area (Å²) in [5.41, 5.74) is 1.33. The molecule has 6 heteroatoms. The molecular formula is C18H21N3O3. The molecule has 1 N–H and O–H groups in total. The first-order valence-corrected chi connectivity index (χ1v) is 8.09. The number of nitrogens with zero attached hydrogens (tertiary/aromatic N) is 2. The van der Waals surface area contributed by atoms with Gasteiger partial charge in [0.2, 0.25) is 5.95 Å². The molecule has 0 bridgehead atoms. The molecule has 1 aliphatic carbocycles. The van der Waals surface area contributed by atoms with Crippen molar-refractivity contribution in [3.63, 3.8) is 0 Å². The largest absolute Gasteiger partial charge is 0.497 e. The Kier molecular flexibility index (Phi) is 4.64. The van der Waals surface area contributed by atoms with E-state index in [1.54, 1.807) is 14.0 Å². The maximum absolute atomic E-state index is 11.7. The van der Waals surface area contributed by atoms with Gasteiger partial charge in [0.15, 0.2) is 0 Å². The van der Waals surface area contributed by atoms with Gasteiger partial charge in [-0.1, -0.05) is 12.1 Å². The Bertz CT molecular complexity index is 712. The molecule has 126 valence electrons. The molecule has 0 amide bonds. The molecule has 2 aromatic rings. The van der Waals surface area contributed by atoms with Gasteiger partial charge in [0, 0.05) is 12.4 Å². The summed E-state index contributed by atoms with van der Waals surface area (Å²) in [6.45, 7) is 2.10. The number of methoxy groups -OCH3 is 1. The number of carbonyl (C=O) groups excluding carboxylic acids is 1. The van der Waals surface area contributed by atoms with Gasteiger partial charge in [-0.15, -0.1) is 0 Å². The molecule has 1 aliphatic rings. The Morgan fingerprint density at radius 1 is 1.29 bits per heavy atom. The fourth-order valence-electron chi connectivity index (χ4n) is 2.86. The lowest BCUT2D eigenvalue weighted by atomic mass is 9.72. The fraction of sp³-hybridized carbons (Fsp3) is 0.389. The van der Waals surface area contributed by atoms with Gasteiger partial charge >= 0.3 is 5.97 Å². The molecule has 1 fully saturated rings. The lowest BCUT2D eigenvalue weighted by Gasteiger charge is -2.43. The number of hydrogen-bond acceptors (Lipinski definition) is 6. The third-order valence-corrected chi connectivity index (χ3v) is 4.34. The van der Waals surface area contributed by atoms with Crippen LogP contribution in [0.1, 0.15) is 42.1 Å². The lowest BCUT2D eigenvalue weighted by molar-refractivity contribution is 0.0525. The zero-order valence-electron chi connectivity index (χ0n) is 13.9. The molecule has 1 saturated carbocycles. The van der Waals surface area contributed by atoms with Gasteiger partial charge in [-0.3, -0.25) is 0 Å². The van der Waals surface area contributed by atoms with Crippen LogP contribution in [0.4, 0.5) is 5.95 Å². The van der Waals surface area contributed by atoms with Gasteiger partial charge < -0.3 is 14.8 Å². The highest BCUT2D eigenvalue weighted by molar-refractivity contribution is 5.88. The average molecular weight is 327 g/mol. The van der Waals surface area contributed by atoms with Crippen LogP contribution in [0, 0.1) is 0 Å². The minimum absolute atomic E-state index is 0.181. The topological polar surface area (TPSA) is 73.3 Å². The fourth-order valence-corrected chi connectivity index (χ4v) is 2.86. The van der Waals surface area contributed by atoms with Gasteiger partial charge in [-0.25, -0.2) is 14.8 Å². The maximum Gasteiger partial charge on any atom is 0.341 e. The van der Waals surface area contributed by atoms with Crippen molar-refractivity contribution in [2.75, 3.05) is 19.0 Å². The molecule has 0 unspecified atom stereocenters. The lowest BCUT2D eigenvalue weighted by Crippen LogP contribution is -2.42. The van der Waals surface area contributed by atoms with Gasteiger partial charge in [0.1, 0.15) is 5.75 Å². The molecule has 1 aromatic carbocycles. The summed E-state index contributed by atoms with van der Waals surface area (Å²) in [5.74, 6) is 0.930. The second-order valence-electron chi connectivity index (χ2n) is 5.81. The molecule has 24 heavy (non-hydrogen) atoms. The van der Waals surface area contributed by atoms with Crippen LogP contribution in [0.25, 0.3) is 0 Å². The predicted octanol–water partition coefficient (Wildman–Crippen LogP) is 3.15. The Hall–Kier alpha value is -2.63. The van der Waals surface area contributed by atoms with Crippen molar-refractivity contribution < 1.29 is 14.3 Å². The minimum atomic E-state index is -0.407. The maximum atomic E-state index is 11.7. The van der Waals surface area contributed by atoms with Crippen molar-refractivity contribution in [3.05, 3.63) is 47.8 Å². The number of carbonyl (C=O) groups is 1. The summed E-state index contributed by atoms with van der Waals surface area (Å²) in [6, 6.07) is 8.04. The van der Waals surface area contributed by atoms with Crippen LogP contribution in [-0.2, 0) is 10.3 Å². The van der Waals surface area contributed by atoms with E-state index < -0.39 is 5.97 Å². The van der Waals surface area contributed by atoms with E-state index in [2.05, 4.69) is 21.4 Å². The molecule has 0 spiro atoms. The third-order valence-electron chi connectivity index (χ3n) is 4.34. The Labute approximate surface area is 141 Å². The zero-order chi connectivity index (χ0) is 17.0. The number of nitrogens with one attached hydrogen (secondary N) is 1. The number of anilines is 1. The number of esters is 1. The average Bonchev–Trinajstić information content (AvgIpc) is 2.59. The molecule has 0 atom stereocenters. The Balaban J connectivity index is 1.79. The van der Waals surface area contributed by atoms with Gasteiger partial charge in [-0.2, -0.15) is 0 Å². The van der Waals surface area contributed by atoms with E-state index in [0.29, 0.717) is 18.1 Å². The number of benzene rings is 1. The number of rotatable bonds is 6. The van der Waals surface area contributed by atoms with Crippen molar-refractivity contribution in [1.82, 2.24) is 9.97 Å². The summed E-state index contributed by atoms with van der Waals surface area (Å²) < 4.78 is 10.3. The van der Waals surface area contributed by atoms with E-state index in [4.69, 9.17) is 9.47 Å². The first kappa shape index (κ1) is 16.2. The molecule has 0 radical (unpaired) electrons. The summed E-state index contributed by atoms with van der Waals surface area (Å²) >= 11 is 0. The highest BCUT2D eigenvalue weighted by Gasteiger charge is 2.39. The van der Waals surface area contributed by atoms with Crippen molar-refractivity contribution >= 4 is 11.9 Å². The zero-order valence-corrected chi connectivity index (χ0v) is 13.9. The van der Waals surface area contributed by atoms with Crippen molar-refractivity contribution in [3.8, 4) is 5.75 Å². The van der Waals surface area contributed by atoms with Gasteiger partial charge in [0.25, 0.3) is 0 Å². The van der Waals surface area contributed by atoms with Crippen LogP contribution in [0.15, 0.2) is 36.7 Å². The molecule has 3 rings (SSSR count). The third kappa shape index (κ3) is 3.18. The number of aromatic nitrogens is 2. The molecular weight excluding hydrogens is 306 g/mol. The Morgan fingerprint density at radius 3 is 2.62 bits per heavy atom. The van der Waals surface area contributed by atoms with Crippen molar-refractivity contribution in [1.29, 1.82) is 0 Å². The van der Waals surface area contributed by atoms with Crippen LogP contribution in [0.2, 0.25) is 0 Å². The minimum Gasteiger partial charge on any atom is -0.497 e. The first-order valence-electron chi connectivity index (χ1n) is 8.09. The Morgan fingerprint density at radius 2 is 2.04 bits per heavy atom. The monoisotopic (exact) mass is 327 g/mol. The highest BCUT2D eigenvalue weighted by Crippen LogP contribution is 2.44. The molecule has 1 aromatic heterocycles. The number of hydrogen-bond donors (Lipinski definition) is 1. The summed E-state index contributed by atoms with van der Waals surface area (Å²) in [5, 5.41) is 3.43. The molecule has 0 saturated heterocycles. The second-order valence-corrected chi connectivity index (χ2v) is 5.81. The summed E-state index contributed by atoms with van der Waals surface area (Å²) in [4.78, 5) is 20.2. The van der Waals surface area contributed by atoms with Crippen LogP contribution in [0.3, 0.4) is 0 Å². The van der Waals surface area contributed by atoms with Gasteiger partial charge in [-0.05, 0) is 43.9 Å². The van der Waals surface area contributed by atoms with Crippen molar-refractivity contribution in [2.24, 2.45) is 0 Å². The van der Waals surface area contributed by atoms with Crippen molar-refractivity contribution in [2.45, 2.75) is 31.7 Å². The van der Waals surface area contributed by atoms with Crippen LogP contribution >= 0.6 is 0 Å². The summed E-state index contributed by atoms with van der Waals surface area (Å²) in [7, 11) is 1.66. The molecule has 6 nitrogen and oxygen atoms in total. The highest BCUT2D eigenvalue weighted by atomic mass is 16.5. The van der Waals surface area contributed by atoms with Crippen LogP contribution < -0.4 is 10.1 Å². The van der Waals surface area contributed by atoms with Crippen LogP contribution in [-0.4, -0.2) is 29.7 Å². The quantitative estimate of drug-likeness (QED) is 0.822. The van der Waals surface area contributed by atoms with E-state index in [0.717, 1.165) is 30.6 Å². The van der Waals surface area contributed by atoms with E-state index >= 15 is 0 Å². The SMILES string of the molecule is CCOC(=O)c1cnc(NC2(c3cccc(OC)c3)CCC2)nc1. The van der Waals surface area contributed by atoms with Crippen LogP contribution in [0.5, 0.6) is 5.75 Å². The summed E-state index contributed by atoms with van der Waals surface area (Å²) in [6.07, 6.45) is 6.13. The first-order chi connectivity index (χ1) is 11.7. The normalized spacial score (nSPS) is 15.2. The van der Waals surface area contributed by atoms with Gasteiger partial charge in [0.05, 0.1) is 24.8 Å². The van der Waals surface area contributed by atoms with E-state index in [9.17, 15) is 4.79 Å².